The van der Waals surface area contributed by atoms with Crippen molar-refractivity contribution in [3.05, 3.63) is 109 Å². The number of fused-ring (bicyclic) bond motifs is 6. The largest absolute Gasteiger partial charge is 0.0888 e. The summed E-state index contributed by atoms with van der Waals surface area (Å²) in [4.78, 5) is 2.62. The van der Waals surface area contributed by atoms with E-state index in [9.17, 15) is 0 Å². The monoisotopic (exact) mass is 386 g/mol. The third-order valence-corrected chi connectivity index (χ3v) is 6.82. The first-order valence-corrected chi connectivity index (χ1v) is 10.7. The van der Waals surface area contributed by atoms with Crippen LogP contribution in [-0.4, -0.2) is 0 Å². The molecule has 0 nitrogen and oxygen atoms in total. The topological polar surface area (TPSA) is 0 Å². The van der Waals surface area contributed by atoms with Gasteiger partial charge in [-0.3, -0.25) is 0 Å². The van der Waals surface area contributed by atoms with Gasteiger partial charge in [-0.15, -0.1) is 0 Å². The van der Waals surface area contributed by atoms with Crippen LogP contribution in [0, 0.1) is 0 Å². The van der Waals surface area contributed by atoms with Crippen LogP contribution in [0.15, 0.2) is 119 Å². The first kappa shape index (κ1) is 16.6. The minimum atomic E-state index is 1.26. The van der Waals surface area contributed by atoms with E-state index in [0.717, 1.165) is 0 Å². The summed E-state index contributed by atoms with van der Waals surface area (Å²) >= 11 is 1.87. The average molecular weight is 387 g/mol. The number of rotatable bonds is 1. The molecule has 0 aromatic heterocycles. The SMILES string of the molecule is c1ccc(-c2c3c(cc4ccccc24)-c2ccccc2Sc2ccccc2-3)cc1. The van der Waals surface area contributed by atoms with Gasteiger partial charge < -0.3 is 0 Å². The third kappa shape index (κ3) is 2.62. The molecule has 1 heterocycles. The van der Waals surface area contributed by atoms with Gasteiger partial charge in [0, 0.05) is 9.79 Å². The Hall–Kier alpha value is -3.29. The first-order valence-electron chi connectivity index (χ1n) is 9.88. The van der Waals surface area contributed by atoms with Gasteiger partial charge in [-0.25, -0.2) is 0 Å². The predicted octanol–water partition coefficient (Wildman–Crippen LogP) is 8.31. The molecule has 0 N–H and O–H groups in total. The Kier molecular flexibility index (Phi) is 3.82. The highest BCUT2D eigenvalue weighted by Crippen LogP contribution is 2.52. The Morgan fingerprint density at radius 3 is 1.90 bits per heavy atom. The molecule has 136 valence electrons. The summed E-state index contributed by atoms with van der Waals surface area (Å²) in [5.41, 5.74) is 7.86. The van der Waals surface area contributed by atoms with Crippen molar-refractivity contribution in [1.29, 1.82) is 0 Å². The molecule has 1 heteroatoms. The summed E-state index contributed by atoms with van der Waals surface area (Å²) in [6, 6.07) is 39.6. The molecule has 0 spiro atoms. The van der Waals surface area contributed by atoms with Crippen molar-refractivity contribution in [3.8, 4) is 33.4 Å². The fourth-order valence-electron chi connectivity index (χ4n) is 4.40. The lowest BCUT2D eigenvalue weighted by atomic mass is 9.84. The summed E-state index contributed by atoms with van der Waals surface area (Å²) in [6.45, 7) is 0. The maximum atomic E-state index is 2.37. The van der Waals surface area contributed by atoms with Gasteiger partial charge in [0.1, 0.15) is 0 Å². The second-order valence-electron chi connectivity index (χ2n) is 7.36. The van der Waals surface area contributed by atoms with Crippen LogP contribution in [0.25, 0.3) is 44.2 Å². The molecule has 0 amide bonds. The molecule has 0 saturated carbocycles. The van der Waals surface area contributed by atoms with E-state index in [1.807, 2.05) is 11.8 Å². The lowest BCUT2D eigenvalue weighted by Gasteiger charge is -2.19. The summed E-state index contributed by atoms with van der Waals surface area (Å²) in [5.74, 6) is 0. The summed E-state index contributed by atoms with van der Waals surface area (Å²) < 4.78 is 0. The summed E-state index contributed by atoms with van der Waals surface area (Å²) in [5, 5.41) is 2.58. The van der Waals surface area contributed by atoms with E-state index in [2.05, 4.69) is 109 Å². The summed E-state index contributed by atoms with van der Waals surface area (Å²) in [7, 11) is 0. The van der Waals surface area contributed by atoms with Crippen LogP contribution >= 0.6 is 11.8 Å². The van der Waals surface area contributed by atoms with Gasteiger partial charge in [-0.1, -0.05) is 103 Å². The maximum absolute atomic E-state index is 2.37. The van der Waals surface area contributed by atoms with Crippen molar-refractivity contribution in [2.24, 2.45) is 0 Å². The second kappa shape index (κ2) is 6.65. The van der Waals surface area contributed by atoms with Gasteiger partial charge in [-0.2, -0.15) is 0 Å². The van der Waals surface area contributed by atoms with Crippen LogP contribution < -0.4 is 0 Å². The van der Waals surface area contributed by atoms with E-state index in [-0.39, 0.29) is 0 Å². The maximum Gasteiger partial charge on any atom is 0.0201 e. The van der Waals surface area contributed by atoms with Gasteiger partial charge in [-0.05, 0) is 62.4 Å². The number of hydrogen-bond acceptors (Lipinski definition) is 1. The van der Waals surface area contributed by atoms with E-state index in [1.54, 1.807) is 0 Å². The van der Waals surface area contributed by atoms with E-state index in [4.69, 9.17) is 0 Å². The van der Waals surface area contributed by atoms with Crippen LogP contribution in [0.4, 0.5) is 0 Å². The molecular weight excluding hydrogens is 368 g/mol. The molecule has 5 aromatic carbocycles. The van der Waals surface area contributed by atoms with E-state index < -0.39 is 0 Å². The van der Waals surface area contributed by atoms with Crippen molar-refractivity contribution in [2.45, 2.75) is 9.79 Å². The average Bonchev–Trinajstić information content (AvgIpc) is 2.92. The van der Waals surface area contributed by atoms with Crippen LogP contribution in [0.3, 0.4) is 0 Å². The van der Waals surface area contributed by atoms with Gasteiger partial charge in [0.2, 0.25) is 0 Å². The zero-order chi connectivity index (χ0) is 19.2. The fraction of sp³-hybridized carbons (Fsp3) is 0. The van der Waals surface area contributed by atoms with Crippen LogP contribution in [-0.2, 0) is 0 Å². The smallest absolute Gasteiger partial charge is 0.0201 e. The molecule has 1 aliphatic rings. The molecule has 0 aliphatic carbocycles. The van der Waals surface area contributed by atoms with Crippen LogP contribution in [0.2, 0.25) is 0 Å². The molecule has 0 atom stereocenters. The first-order chi connectivity index (χ1) is 14.4. The third-order valence-electron chi connectivity index (χ3n) is 5.67. The molecule has 5 aromatic rings. The van der Waals surface area contributed by atoms with E-state index in [0.29, 0.717) is 0 Å². The highest BCUT2D eigenvalue weighted by atomic mass is 32.2. The quantitative estimate of drug-likeness (QED) is 0.274. The highest BCUT2D eigenvalue weighted by molar-refractivity contribution is 7.99. The highest BCUT2D eigenvalue weighted by Gasteiger charge is 2.24. The predicted molar refractivity (Wildman–Crippen MR) is 124 cm³/mol. The molecule has 0 radical (unpaired) electrons. The molecule has 0 saturated heterocycles. The molecule has 1 aliphatic heterocycles. The minimum Gasteiger partial charge on any atom is -0.0888 e. The van der Waals surface area contributed by atoms with Gasteiger partial charge in [0.05, 0.1) is 0 Å². The van der Waals surface area contributed by atoms with E-state index in [1.165, 1.54) is 53.9 Å². The van der Waals surface area contributed by atoms with Gasteiger partial charge in [0.25, 0.3) is 0 Å². The molecular formula is C28H18S. The van der Waals surface area contributed by atoms with Crippen LogP contribution in [0.5, 0.6) is 0 Å². The zero-order valence-corrected chi connectivity index (χ0v) is 16.6. The molecule has 6 rings (SSSR count). The van der Waals surface area contributed by atoms with Crippen molar-refractivity contribution in [3.63, 3.8) is 0 Å². The molecule has 0 unspecified atom stereocenters. The Balaban J connectivity index is 1.87. The minimum absolute atomic E-state index is 1.26. The second-order valence-corrected chi connectivity index (χ2v) is 8.44. The van der Waals surface area contributed by atoms with E-state index >= 15 is 0 Å². The standard InChI is InChI=1S/C28H18S/c1-2-10-19(11-3-1)27-21-13-5-4-12-20(21)18-24-22-14-6-8-16-25(22)29-26-17-9-7-15-23(26)28(24)27/h1-18H. The molecule has 29 heavy (non-hydrogen) atoms. The van der Waals surface area contributed by atoms with Gasteiger partial charge >= 0.3 is 0 Å². The Morgan fingerprint density at radius 1 is 0.448 bits per heavy atom. The number of benzene rings is 5. The van der Waals surface area contributed by atoms with Gasteiger partial charge in [0.15, 0.2) is 0 Å². The van der Waals surface area contributed by atoms with Crippen LogP contribution in [0.1, 0.15) is 0 Å². The summed E-state index contributed by atoms with van der Waals surface area (Å²) in [6.07, 6.45) is 0. The van der Waals surface area contributed by atoms with Crippen molar-refractivity contribution in [2.75, 3.05) is 0 Å². The molecule has 0 fully saturated rings. The normalized spacial score (nSPS) is 12.0. The van der Waals surface area contributed by atoms with Crippen molar-refractivity contribution >= 4 is 22.5 Å². The fourth-order valence-corrected chi connectivity index (χ4v) is 5.50. The number of hydrogen-bond donors (Lipinski definition) is 0. The Bertz CT molecular complexity index is 1370. The molecule has 0 bridgehead atoms. The lowest BCUT2D eigenvalue weighted by Crippen LogP contribution is -1.92. The Labute approximate surface area is 174 Å². The lowest BCUT2D eigenvalue weighted by molar-refractivity contribution is 1.44. The van der Waals surface area contributed by atoms with Crippen molar-refractivity contribution in [1.82, 2.24) is 0 Å². The zero-order valence-electron chi connectivity index (χ0n) is 15.8. The Morgan fingerprint density at radius 2 is 1.07 bits per heavy atom. The van der Waals surface area contributed by atoms with Crippen molar-refractivity contribution < 1.29 is 0 Å².